The van der Waals surface area contributed by atoms with Gasteiger partial charge in [0.2, 0.25) is 0 Å². The molecule has 0 saturated carbocycles. The van der Waals surface area contributed by atoms with Crippen LogP contribution in [-0.4, -0.2) is 27.2 Å². The zero-order valence-electron chi connectivity index (χ0n) is 13.1. The van der Waals surface area contributed by atoms with Crippen molar-refractivity contribution in [3.05, 3.63) is 63.6 Å². The highest BCUT2D eigenvalue weighted by Crippen LogP contribution is 2.27. The first-order valence-corrected chi connectivity index (χ1v) is 8.55. The van der Waals surface area contributed by atoms with E-state index in [1.165, 1.54) is 0 Å². The molecule has 25 heavy (non-hydrogen) atoms. The Kier molecular flexibility index (Phi) is 4.87. The minimum Gasteiger partial charge on any atom is -0.479 e. The van der Waals surface area contributed by atoms with Gasteiger partial charge in [-0.2, -0.15) is 5.10 Å². The van der Waals surface area contributed by atoms with Crippen molar-refractivity contribution in [1.29, 1.82) is 0 Å². The van der Waals surface area contributed by atoms with E-state index in [1.54, 1.807) is 41.7 Å². The Morgan fingerprint density at radius 1 is 1.28 bits per heavy atom. The number of nitrogens with one attached hydrogen (secondary N) is 2. The van der Waals surface area contributed by atoms with Gasteiger partial charge < -0.3 is 10.4 Å². The van der Waals surface area contributed by atoms with Crippen molar-refractivity contribution in [3.63, 3.8) is 0 Å². The van der Waals surface area contributed by atoms with E-state index in [-0.39, 0.29) is 10.7 Å². The molecular formula is C17H14ClN3O3S. The monoisotopic (exact) mass is 375 g/mol. The number of hydrogen-bond acceptors (Lipinski definition) is 4. The zero-order chi connectivity index (χ0) is 18.0. The summed E-state index contributed by atoms with van der Waals surface area (Å²) in [5.74, 6) is -1.80. The van der Waals surface area contributed by atoms with Gasteiger partial charge >= 0.3 is 5.97 Å². The molecule has 0 bridgehead atoms. The first-order valence-electron chi connectivity index (χ1n) is 7.36. The standard InChI is InChI=1S/C17H14ClN3O3S/c1-9-6-7-14(25-9)12-8-13(21-20-12)16(22)19-15(17(23)24)10-4-2-3-5-11(10)18/h2-8,15H,1H3,(H,19,22)(H,20,21)(H,23,24)/t15-/m0/s1. The molecule has 0 aliphatic carbocycles. The number of amides is 1. The van der Waals surface area contributed by atoms with Gasteiger partial charge in [-0.25, -0.2) is 4.79 Å². The first-order chi connectivity index (χ1) is 12.0. The molecule has 2 aromatic heterocycles. The van der Waals surface area contributed by atoms with Crippen LogP contribution in [0, 0.1) is 6.92 Å². The number of aliphatic carboxylic acids is 1. The summed E-state index contributed by atoms with van der Waals surface area (Å²) >= 11 is 7.61. The first kappa shape index (κ1) is 17.2. The van der Waals surface area contributed by atoms with Crippen molar-refractivity contribution in [2.45, 2.75) is 13.0 Å². The van der Waals surface area contributed by atoms with E-state index in [9.17, 15) is 14.7 Å². The van der Waals surface area contributed by atoms with Crippen molar-refractivity contribution in [2.75, 3.05) is 0 Å². The lowest BCUT2D eigenvalue weighted by atomic mass is 10.1. The smallest absolute Gasteiger partial charge is 0.330 e. The van der Waals surface area contributed by atoms with E-state index in [4.69, 9.17) is 11.6 Å². The van der Waals surface area contributed by atoms with Crippen molar-refractivity contribution in [1.82, 2.24) is 15.5 Å². The second-order valence-electron chi connectivity index (χ2n) is 5.34. The topological polar surface area (TPSA) is 95.1 Å². The van der Waals surface area contributed by atoms with Gasteiger partial charge in [-0.15, -0.1) is 11.3 Å². The minimum absolute atomic E-state index is 0.111. The molecule has 3 aromatic rings. The molecule has 1 atom stereocenters. The van der Waals surface area contributed by atoms with Gasteiger partial charge in [0.1, 0.15) is 0 Å². The Morgan fingerprint density at radius 3 is 2.68 bits per heavy atom. The number of aromatic nitrogens is 2. The second kappa shape index (κ2) is 7.08. The maximum absolute atomic E-state index is 12.4. The lowest BCUT2D eigenvalue weighted by Gasteiger charge is -2.15. The Labute approximate surface area is 152 Å². The predicted octanol–water partition coefficient (Wildman–Crippen LogP) is 3.66. The second-order valence-corrected chi connectivity index (χ2v) is 7.04. The normalized spacial score (nSPS) is 11.9. The van der Waals surface area contributed by atoms with Crippen LogP contribution >= 0.6 is 22.9 Å². The summed E-state index contributed by atoms with van der Waals surface area (Å²) in [5, 5.41) is 18.9. The van der Waals surface area contributed by atoms with Crippen LogP contribution in [0.25, 0.3) is 10.6 Å². The van der Waals surface area contributed by atoms with Gasteiger partial charge in [0.05, 0.1) is 10.6 Å². The summed E-state index contributed by atoms with van der Waals surface area (Å²) in [5.41, 5.74) is 1.13. The van der Waals surface area contributed by atoms with Crippen LogP contribution in [0.5, 0.6) is 0 Å². The zero-order valence-corrected chi connectivity index (χ0v) is 14.7. The average Bonchev–Trinajstić information content (AvgIpc) is 3.22. The van der Waals surface area contributed by atoms with E-state index < -0.39 is 17.9 Å². The Hall–Kier alpha value is -2.64. The molecule has 0 radical (unpaired) electrons. The molecule has 1 aromatic carbocycles. The maximum Gasteiger partial charge on any atom is 0.330 e. The van der Waals surface area contributed by atoms with E-state index in [2.05, 4.69) is 15.5 Å². The highest BCUT2D eigenvalue weighted by molar-refractivity contribution is 7.15. The third kappa shape index (κ3) is 3.72. The van der Waals surface area contributed by atoms with Gasteiger partial charge in [0, 0.05) is 15.5 Å². The molecule has 2 heterocycles. The molecule has 0 fully saturated rings. The van der Waals surface area contributed by atoms with Crippen molar-refractivity contribution >= 4 is 34.8 Å². The summed E-state index contributed by atoms with van der Waals surface area (Å²) in [4.78, 5) is 26.0. The van der Waals surface area contributed by atoms with Crippen LogP contribution in [-0.2, 0) is 4.79 Å². The van der Waals surface area contributed by atoms with Gasteiger partial charge in [-0.05, 0) is 31.2 Å². The quantitative estimate of drug-likeness (QED) is 0.634. The largest absolute Gasteiger partial charge is 0.479 e. The van der Waals surface area contributed by atoms with Gasteiger partial charge in [-0.1, -0.05) is 29.8 Å². The number of halogens is 1. The Bertz CT molecular complexity index is 935. The minimum atomic E-state index is -1.26. The summed E-state index contributed by atoms with van der Waals surface area (Å²) in [6.07, 6.45) is 0. The highest BCUT2D eigenvalue weighted by Gasteiger charge is 2.25. The highest BCUT2D eigenvalue weighted by atomic mass is 35.5. The molecule has 0 aliphatic rings. The maximum atomic E-state index is 12.4. The molecule has 8 heteroatoms. The van der Waals surface area contributed by atoms with E-state index in [0.29, 0.717) is 11.3 Å². The fraction of sp³-hybridized carbons (Fsp3) is 0.118. The lowest BCUT2D eigenvalue weighted by Crippen LogP contribution is -2.34. The van der Waals surface area contributed by atoms with Crippen LogP contribution in [0.2, 0.25) is 5.02 Å². The van der Waals surface area contributed by atoms with E-state index in [0.717, 1.165) is 9.75 Å². The van der Waals surface area contributed by atoms with Crippen molar-refractivity contribution in [3.8, 4) is 10.6 Å². The molecule has 3 N–H and O–H groups in total. The molecule has 3 rings (SSSR count). The van der Waals surface area contributed by atoms with Gasteiger partial charge in [-0.3, -0.25) is 9.89 Å². The average molecular weight is 376 g/mol. The molecule has 0 aliphatic heterocycles. The number of thiophene rings is 1. The number of carbonyl (C=O) groups excluding carboxylic acids is 1. The number of carbonyl (C=O) groups is 2. The van der Waals surface area contributed by atoms with E-state index >= 15 is 0 Å². The van der Waals surface area contributed by atoms with Gasteiger partial charge in [0.25, 0.3) is 5.91 Å². The number of H-pyrrole nitrogens is 1. The summed E-state index contributed by atoms with van der Waals surface area (Å²) in [6.45, 7) is 1.99. The third-order valence-corrected chi connectivity index (χ3v) is 4.93. The predicted molar refractivity (Wildman–Crippen MR) is 95.9 cm³/mol. The van der Waals surface area contributed by atoms with Crippen LogP contribution in [0.4, 0.5) is 0 Å². The van der Waals surface area contributed by atoms with Crippen molar-refractivity contribution in [2.24, 2.45) is 0 Å². The molecule has 1 amide bonds. The summed E-state index contributed by atoms with van der Waals surface area (Å²) in [7, 11) is 0. The Morgan fingerprint density at radius 2 is 2.04 bits per heavy atom. The molecule has 128 valence electrons. The van der Waals surface area contributed by atoms with Crippen LogP contribution in [0.15, 0.2) is 42.5 Å². The number of carboxylic acids is 1. The molecule has 0 saturated heterocycles. The molecule has 6 nitrogen and oxygen atoms in total. The van der Waals surface area contributed by atoms with Crippen LogP contribution in [0.1, 0.15) is 27.0 Å². The van der Waals surface area contributed by atoms with Gasteiger partial charge in [0.15, 0.2) is 11.7 Å². The number of aryl methyl sites for hydroxylation is 1. The fourth-order valence-electron chi connectivity index (χ4n) is 2.33. The SMILES string of the molecule is Cc1ccc(-c2cc(C(=O)N[C@H](C(=O)O)c3ccccc3Cl)n[nH]2)s1. The summed E-state index contributed by atoms with van der Waals surface area (Å²) in [6, 6.07) is 10.7. The number of rotatable bonds is 5. The number of aromatic amines is 1. The van der Waals surface area contributed by atoms with Crippen molar-refractivity contribution < 1.29 is 14.7 Å². The lowest BCUT2D eigenvalue weighted by molar-refractivity contribution is -0.139. The number of carboxylic acid groups (broad SMARTS) is 1. The number of benzene rings is 1. The molecule has 0 spiro atoms. The Balaban J connectivity index is 1.82. The summed E-state index contributed by atoms with van der Waals surface area (Å²) < 4.78 is 0. The number of hydrogen-bond donors (Lipinski definition) is 3. The fourth-order valence-corrected chi connectivity index (χ4v) is 3.41. The van der Waals surface area contributed by atoms with Crippen LogP contribution in [0.3, 0.4) is 0 Å². The van der Waals surface area contributed by atoms with E-state index in [1.807, 2.05) is 19.1 Å². The molecule has 0 unspecified atom stereocenters. The number of nitrogens with zero attached hydrogens (tertiary/aromatic N) is 1. The third-order valence-electron chi connectivity index (χ3n) is 3.55. The molecular weight excluding hydrogens is 362 g/mol. The van der Waals surface area contributed by atoms with Crippen LogP contribution < -0.4 is 5.32 Å².